The highest BCUT2D eigenvalue weighted by Crippen LogP contribution is 2.27. The van der Waals surface area contributed by atoms with E-state index in [0.29, 0.717) is 17.1 Å². The molecule has 1 unspecified atom stereocenters. The van der Waals surface area contributed by atoms with Crippen LogP contribution in [0, 0.1) is 11.3 Å². The van der Waals surface area contributed by atoms with Crippen molar-refractivity contribution in [3.05, 3.63) is 59.7 Å². The third-order valence-corrected chi connectivity index (χ3v) is 3.33. The molecule has 1 atom stereocenters. The van der Waals surface area contributed by atoms with Crippen molar-refractivity contribution < 1.29 is 14.3 Å². The molecule has 0 saturated heterocycles. The Balaban J connectivity index is 1.93. The van der Waals surface area contributed by atoms with Crippen LogP contribution < -0.4 is 14.8 Å². The second kappa shape index (κ2) is 7.85. The smallest absolute Gasteiger partial charge is 0.258 e. The number of amides is 1. The number of hydrogen-bond acceptors (Lipinski definition) is 4. The first kappa shape index (κ1) is 16.4. The summed E-state index contributed by atoms with van der Waals surface area (Å²) in [6.45, 7) is 1.79. The lowest BCUT2D eigenvalue weighted by atomic mass is 10.1. The van der Waals surface area contributed by atoms with Crippen LogP contribution in [0.25, 0.3) is 0 Å². The van der Waals surface area contributed by atoms with Crippen molar-refractivity contribution in [3.63, 3.8) is 0 Å². The second-order valence-corrected chi connectivity index (χ2v) is 4.97. The zero-order valence-corrected chi connectivity index (χ0v) is 13.1. The topological polar surface area (TPSA) is 71.3 Å². The molecule has 23 heavy (non-hydrogen) atoms. The normalized spacial score (nSPS) is 11.2. The van der Waals surface area contributed by atoms with E-state index < -0.39 is 0 Å². The van der Waals surface area contributed by atoms with Gasteiger partial charge in [0.25, 0.3) is 5.91 Å². The summed E-state index contributed by atoms with van der Waals surface area (Å²) in [6, 6.07) is 16.4. The van der Waals surface area contributed by atoms with Gasteiger partial charge in [-0.3, -0.25) is 4.79 Å². The standard InChI is InChI=1S/C18H18N2O3/c1-13(15-6-4-3-5-7-15)20-18(21)12-23-16-9-8-14(11-19)10-17(16)22-2/h3-10,13H,12H2,1-2H3,(H,20,21). The Kier molecular flexibility index (Phi) is 5.59. The van der Waals surface area contributed by atoms with Crippen LogP contribution in [0.5, 0.6) is 11.5 Å². The number of nitrogens with zero attached hydrogens (tertiary/aromatic N) is 1. The molecule has 1 amide bonds. The highest BCUT2D eigenvalue weighted by atomic mass is 16.5. The number of methoxy groups -OCH3 is 1. The van der Waals surface area contributed by atoms with Gasteiger partial charge in [-0.15, -0.1) is 0 Å². The van der Waals surface area contributed by atoms with Gasteiger partial charge < -0.3 is 14.8 Å². The third kappa shape index (κ3) is 4.48. The summed E-state index contributed by atoms with van der Waals surface area (Å²) in [7, 11) is 1.49. The van der Waals surface area contributed by atoms with E-state index in [1.54, 1.807) is 18.2 Å². The molecule has 0 bridgehead atoms. The van der Waals surface area contributed by atoms with Gasteiger partial charge in [-0.05, 0) is 24.6 Å². The molecule has 0 fully saturated rings. The fourth-order valence-electron chi connectivity index (χ4n) is 2.11. The van der Waals surface area contributed by atoms with Gasteiger partial charge in [-0.25, -0.2) is 0 Å². The van der Waals surface area contributed by atoms with Gasteiger partial charge in [0.05, 0.1) is 24.8 Å². The largest absolute Gasteiger partial charge is 0.493 e. The van der Waals surface area contributed by atoms with Gasteiger partial charge in [0.15, 0.2) is 18.1 Å². The monoisotopic (exact) mass is 310 g/mol. The second-order valence-electron chi connectivity index (χ2n) is 4.97. The summed E-state index contributed by atoms with van der Waals surface area (Å²) in [5.41, 5.74) is 1.49. The first-order valence-electron chi connectivity index (χ1n) is 7.19. The lowest BCUT2D eigenvalue weighted by Crippen LogP contribution is -2.31. The minimum Gasteiger partial charge on any atom is -0.493 e. The van der Waals surface area contributed by atoms with Crippen molar-refractivity contribution in [3.8, 4) is 17.6 Å². The number of nitrogens with one attached hydrogen (secondary N) is 1. The molecular formula is C18H18N2O3. The average molecular weight is 310 g/mol. The molecule has 2 rings (SSSR count). The van der Waals surface area contributed by atoms with Crippen LogP contribution >= 0.6 is 0 Å². The van der Waals surface area contributed by atoms with Crippen molar-refractivity contribution in [2.75, 3.05) is 13.7 Å². The summed E-state index contributed by atoms with van der Waals surface area (Å²) in [5, 5.41) is 11.7. The SMILES string of the molecule is COc1cc(C#N)ccc1OCC(=O)NC(C)c1ccccc1. The summed E-state index contributed by atoms with van der Waals surface area (Å²) in [6.07, 6.45) is 0. The molecule has 5 heteroatoms. The molecule has 0 spiro atoms. The van der Waals surface area contributed by atoms with Crippen molar-refractivity contribution in [1.82, 2.24) is 5.32 Å². The Bertz CT molecular complexity index is 708. The van der Waals surface area contributed by atoms with Crippen LogP contribution in [-0.4, -0.2) is 19.6 Å². The number of hydrogen-bond donors (Lipinski definition) is 1. The molecule has 2 aromatic rings. The third-order valence-electron chi connectivity index (χ3n) is 3.33. The van der Waals surface area contributed by atoms with Crippen molar-refractivity contribution in [2.45, 2.75) is 13.0 Å². The van der Waals surface area contributed by atoms with E-state index in [9.17, 15) is 4.79 Å². The zero-order valence-electron chi connectivity index (χ0n) is 13.1. The molecule has 5 nitrogen and oxygen atoms in total. The maximum atomic E-state index is 12.0. The Hall–Kier alpha value is -3.00. The molecule has 0 aliphatic carbocycles. The van der Waals surface area contributed by atoms with Crippen LogP contribution in [0.4, 0.5) is 0 Å². The molecule has 0 aliphatic heterocycles. The molecule has 0 aromatic heterocycles. The fourth-order valence-corrected chi connectivity index (χ4v) is 2.11. The van der Waals surface area contributed by atoms with Gasteiger partial charge in [-0.2, -0.15) is 5.26 Å². The number of ether oxygens (including phenoxy) is 2. The van der Waals surface area contributed by atoms with Gasteiger partial charge >= 0.3 is 0 Å². The van der Waals surface area contributed by atoms with E-state index in [0.717, 1.165) is 5.56 Å². The Morgan fingerprint density at radius 2 is 1.96 bits per heavy atom. The van der Waals surface area contributed by atoms with Crippen molar-refractivity contribution in [1.29, 1.82) is 5.26 Å². The van der Waals surface area contributed by atoms with E-state index in [2.05, 4.69) is 5.32 Å². The summed E-state index contributed by atoms with van der Waals surface area (Å²) in [5.74, 6) is 0.620. The Morgan fingerprint density at radius 3 is 2.61 bits per heavy atom. The predicted molar refractivity (Wildman–Crippen MR) is 86.2 cm³/mol. The maximum absolute atomic E-state index is 12.0. The Morgan fingerprint density at radius 1 is 1.22 bits per heavy atom. The minimum atomic E-state index is -0.229. The minimum absolute atomic E-state index is 0.102. The lowest BCUT2D eigenvalue weighted by molar-refractivity contribution is -0.123. The first-order valence-corrected chi connectivity index (χ1v) is 7.19. The number of carbonyl (C=O) groups is 1. The molecule has 2 aromatic carbocycles. The molecular weight excluding hydrogens is 292 g/mol. The number of carbonyl (C=O) groups excluding carboxylic acids is 1. The quantitative estimate of drug-likeness (QED) is 0.890. The molecule has 0 heterocycles. The summed E-state index contributed by atoms with van der Waals surface area (Å²) >= 11 is 0. The van der Waals surface area contributed by atoms with Crippen LogP contribution in [0.1, 0.15) is 24.1 Å². The molecule has 0 aliphatic rings. The maximum Gasteiger partial charge on any atom is 0.258 e. The van der Waals surface area contributed by atoms with E-state index >= 15 is 0 Å². The molecule has 118 valence electrons. The van der Waals surface area contributed by atoms with Crippen LogP contribution in [0.3, 0.4) is 0 Å². The van der Waals surface area contributed by atoms with E-state index in [1.165, 1.54) is 7.11 Å². The lowest BCUT2D eigenvalue weighted by Gasteiger charge is -2.15. The van der Waals surface area contributed by atoms with Gasteiger partial charge in [0.2, 0.25) is 0 Å². The Labute approximate surface area is 135 Å². The summed E-state index contributed by atoms with van der Waals surface area (Å²) < 4.78 is 10.6. The van der Waals surface area contributed by atoms with Gasteiger partial charge in [0, 0.05) is 6.07 Å². The highest BCUT2D eigenvalue weighted by molar-refractivity contribution is 5.78. The molecule has 0 radical (unpaired) electrons. The van der Waals surface area contributed by atoms with Crippen molar-refractivity contribution in [2.24, 2.45) is 0 Å². The number of rotatable bonds is 6. The predicted octanol–water partition coefficient (Wildman–Crippen LogP) is 2.82. The van der Waals surface area contributed by atoms with Crippen LogP contribution in [-0.2, 0) is 4.79 Å². The van der Waals surface area contributed by atoms with Crippen LogP contribution in [0.2, 0.25) is 0 Å². The van der Waals surface area contributed by atoms with E-state index in [4.69, 9.17) is 14.7 Å². The first-order chi connectivity index (χ1) is 11.1. The van der Waals surface area contributed by atoms with E-state index in [1.807, 2.05) is 43.3 Å². The highest BCUT2D eigenvalue weighted by Gasteiger charge is 2.12. The van der Waals surface area contributed by atoms with Crippen LogP contribution in [0.15, 0.2) is 48.5 Å². The summed E-state index contributed by atoms with van der Waals surface area (Å²) in [4.78, 5) is 12.0. The number of nitriles is 1. The average Bonchev–Trinajstić information content (AvgIpc) is 2.60. The molecule has 0 saturated carbocycles. The zero-order chi connectivity index (χ0) is 16.7. The fraction of sp³-hybridized carbons (Fsp3) is 0.222. The molecule has 1 N–H and O–H groups in total. The van der Waals surface area contributed by atoms with Gasteiger partial charge in [-0.1, -0.05) is 30.3 Å². The van der Waals surface area contributed by atoms with Gasteiger partial charge in [0.1, 0.15) is 0 Å². The number of benzene rings is 2. The van der Waals surface area contributed by atoms with Crippen molar-refractivity contribution >= 4 is 5.91 Å². The van der Waals surface area contributed by atoms with E-state index in [-0.39, 0.29) is 18.6 Å².